The first kappa shape index (κ1) is 14.4. The van der Waals surface area contributed by atoms with Gasteiger partial charge in [-0.1, -0.05) is 6.07 Å². The lowest BCUT2D eigenvalue weighted by molar-refractivity contribution is -0.121. The van der Waals surface area contributed by atoms with Crippen LogP contribution < -0.4 is 5.73 Å². The van der Waals surface area contributed by atoms with Crippen molar-refractivity contribution in [2.24, 2.45) is 11.7 Å². The Morgan fingerprint density at radius 3 is 2.75 bits per heavy atom. The monoisotopic (exact) mass is 297 g/mol. The van der Waals surface area contributed by atoms with Crippen LogP contribution >= 0.6 is 0 Å². The average molecular weight is 297 g/mol. The molecule has 1 atom stereocenters. The van der Waals surface area contributed by atoms with Crippen molar-refractivity contribution in [3.05, 3.63) is 29.6 Å². The van der Waals surface area contributed by atoms with Crippen LogP contribution in [0.25, 0.3) is 0 Å². The molecule has 1 saturated heterocycles. The van der Waals surface area contributed by atoms with Crippen molar-refractivity contribution in [3.63, 3.8) is 0 Å². The van der Waals surface area contributed by atoms with Crippen LogP contribution in [0, 0.1) is 23.1 Å². The molecule has 1 aromatic carbocycles. The summed E-state index contributed by atoms with van der Waals surface area (Å²) in [5.41, 5.74) is 4.63. The lowest BCUT2D eigenvalue weighted by atomic mass is 10.1. The number of hydrogen-bond donors (Lipinski definition) is 1. The Hall–Kier alpha value is -1.98. The molecule has 8 heteroatoms. The molecule has 20 heavy (non-hydrogen) atoms. The smallest absolute Gasteiger partial charge is 0.244 e. The number of carbonyl (C=O) groups is 1. The highest BCUT2D eigenvalue weighted by molar-refractivity contribution is 7.89. The fourth-order valence-corrected chi connectivity index (χ4v) is 3.80. The van der Waals surface area contributed by atoms with Crippen molar-refractivity contribution in [3.8, 4) is 6.07 Å². The minimum Gasteiger partial charge on any atom is -0.369 e. The van der Waals surface area contributed by atoms with Crippen LogP contribution in [-0.4, -0.2) is 31.7 Å². The first-order valence-corrected chi connectivity index (χ1v) is 7.30. The summed E-state index contributed by atoms with van der Waals surface area (Å²) in [6, 6.07) is 4.98. The number of benzene rings is 1. The number of sulfonamides is 1. The molecular weight excluding hydrogens is 285 g/mol. The summed E-state index contributed by atoms with van der Waals surface area (Å²) in [5.74, 6) is -2.01. The summed E-state index contributed by atoms with van der Waals surface area (Å²) >= 11 is 0. The van der Waals surface area contributed by atoms with Gasteiger partial charge in [0.2, 0.25) is 15.9 Å². The minimum atomic E-state index is -4.01. The number of hydrogen-bond acceptors (Lipinski definition) is 4. The Bertz CT molecular complexity index is 696. The lowest BCUT2D eigenvalue weighted by Gasteiger charge is -2.17. The van der Waals surface area contributed by atoms with Crippen LogP contribution in [0.4, 0.5) is 4.39 Å². The van der Waals surface area contributed by atoms with Gasteiger partial charge in [0.15, 0.2) is 0 Å². The molecular formula is C12H12FN3O3S. The Balaban J connectivity index is 2.41. The molecule has 1 aromatic rings. The SMILES string of the molecule is N#Cc1c(F)cccc1S(=O)(=O)N1CCC(C(N)=O)C1. The molecule has 1 fully saturated rings. The van der Waals surface area contributed by atoms with E-state index in [2.05, 4.69) is 0 Å². The second-order valence-corrected chi connectivity index (χ2v) is 6.38. The number of carbonyl (C=O) groups excluding carboxylic acids is 1. The van der Waals surface area contributed by atoms with Gasteiger partial charge in [-0.2, -0.15) is 9.57 Å². The molecule has 0 bridgehead atoms. The molecule has 1 amide bonds. The van der Waals surface area contributed by atoms with Gasteiger partial charge in [-0.3, -0.25) is 4.79 Å². The van der Waals surface area contributed by atoms with Gasteiger partial charge < -0.3 is 5.73 Å². The number of nitriles is 1. The maximum absolute atomic E-state index is 13.5. The molecule has 0 saturated carbocycles. The zero-order chi connectivity index (χ0) is 14.9. The first-order valence-electron chi connectivity index (χ1n) is 5.86. The van der Waals surface area contributed by atoms with Crippen molar-refractivity contribution in [2.45, 2.75) is 11.3 Å². The molecule has 6 nitrogen and oxygen atoms in total. The standard InChI is InChI=1S/C12H12FN3O3S/c13-10-2-1-3-11(9(10)6-14)20(18,19)16-5-4-8(7-16)12(15)17/h1-3,8H,4-5,7H2,(H2,15,17). The van der Waals surface area contributed by atoms with E-state index in [9.17, 15) is 17.6 Å². The number of nitrogens with zero attached hydrogens (tertiary/aromatic N) is 2. The minimum absolute atomic E-state index is 0.0426. The Morgan fingerprint density at radius 1 is 1.50 bits per heavy atom. The van der Waals surface area contributed by atoms with Crippen LogP contribution in [0.2, 0.25) is 0 Å². The maximum atomic E-state index is 13.5. The third-order valence-electron chi connectivity index (χ3n) is 3.26. The molecule has 0 radical (unpaired) electrons. The van der Waals surface area contributed by atoms with E-state index in [1.165, 1.54) is 12.1 Å². The third-order valence-corrected chi connectivity index (χ3v) is 5.17. The summed E-state index contributed by atoms with van der Waals surface area (Å²) in [5, 5.41) is 8.90. The van der Waals surface area contributed by atoms with E-state index < -0.39 is 33.2 Å². The molecule has 1 heterocycles. The van der Waals surface area contributed by atoms with Crippen molar-refractivity contribution in [1.29, 1.82) is 5.26 Å². The maximum Gasteiger partial charge on any atom is 0.244 e. The van der Waals surface area contributed by atoms with Crippen LogP contribution in [-0.2, 0) is 14.8 Å². The first-order chi connectivity index (χ1) is 9.37. The van der Waals surface area contributed by atoms with Crippen molar-refractivity contribution < 1.29 is 17.6 Å². The van der Waals surface area contributed by atoms with Crippen LogP contribution in [0.5, 0.6) is 0 Å². The number of amides is 1. The van der Waals surface area contributed by atoms with E-state index in [0.717, 1.165) is 10.4 Å². The molecule has 1 unspecified atom stereocenters. The van der Waals surface area contributed by atoms with E-state index in [1.54, 1.807) is 6.07 Å². The van der Waals surface area contributed by atoms with Crippen molar-refractivity contribution in [2.75, 3.05) is 13.1 Å². The molecule has 0 aromatic heterocycles. The summed E-state index contributed by atoms with van der Waals surface area (Å²) in [4.78, 5) is 10.7. The number of primary amides is 1. The van der Waals surface area contributed by atoms with Crippen LogP contribution in [0.3, 0.4) is 0 Å². The fraction of sp³-hybridized carbons (Fsp3) is 0.333. The molecule has 2 rings (SSSR count). The predicted molar refractivity (Wildman–Crippen MR) is 67.2 cm³/mol. The van der Waals surface area contributed by atoms with Gasteiger partial charge in [-0.15, -0.1) is 0 Å². The molecule has 0 aliphatic carbocycles. The van der Waals surface area contributed by atoms with Gasteiger partial charge in [0, 0.05) is 13.1 Å². The van der Waals surface area contributed by atoms with Crippen LogP contribution in [0.15, 0.2) is 23.1 Å². The van der Waals surface area contributed by atoms with Gasteiger partial charge in [0.1, 0.15) is 22.3 Å². The summed E-state index contributed by atoms with van der Waals surface area (Å²) < 4.78 is 39.3. The van der Waals surface area contributed by atoms with Gasteiger partial charge in [-0.05, 0) is 18.6 Å². The van der Waals surface area contributed by atoms with E-state index in [0.29, 0.717) is 6.42 Å². The Labute approximate surface area is 115 Å². The number of nitrogens with two attached hydrogens (primary N) is 1. The summed E-state index contributed by atoms with van der Waals surface area (Å²) in [6.45, 7) is 0.0797. The van der Waals surface area contributed by atoms with Crippen molar-refractivity contribution in [1.82, 2.24) is 4.31 Å². The second-order valence-electron chi connectivity index (χ2n) is 4.48. The normalized spacial score (nSPS) is 19.7. The number of halogens is 1. The van der Waals surface area contributed by atoms with E-state index in [1.807, 2.05) is 0 Å². The van der Waals surface area contributed by atoms with E-state index in [4.69, 9.17) is 11.0 Å². The van der Waals surface area contributed by atoms with E-state index in [-0.39, 0.29) is 18.0 Å². The predicted octanol–water partition coefficient (Wildman–Crippen LogP) is 0.193. The Morgan fingerprint density at radius 2 is 2.20 bits per heavy atom. The highest BCUT2D eigenvalue weighted by atomic mass is 32.2. The summed E-state index contributed by atoms with van der Waals surface area (Å²) in [6.07, 6.45) is 0.325. The fourth-order valence-electron chi connectivity index (χ4n) is 2.15. The second kappa shape index (κ2) is 5.19. The quantitative estimate of drug-likeness (QED) is 0.860. The zero-order valence-electron chi connectivity index (χ0n) is 10.4. The molecule has 0 spiro atoms. The van der Waals surface area contributed by atoms with E-state index >= 15 is 0 Å². The summed E-state index contributed by atoms with van der Waals surface area (Å²) in [7, 11) is -4.01. The topological polar surface area (TPSA) is 104 Å². The highest BCUT2D eigenvalue weighted by Crippen LogP contribution is 2.27. The van der Waals surface area contributed by atoms with Gasteiger partial charge in [0.05, 0.1) is 5.92 Å². The Kier molecular flexibility index (Phi) is 3.74. The van der Waals surface area contributed by atoms with Crippen molar-refractivity contribution >= 4 is 15.9 Å². The average Bonchev–Trinajstić information content (AvgIpc) is 2.88. The third kappa shape index (κ3) is 2.37. The van der Waals surface area contributed by atoms with Gasteiger partial charge >= 0.3 is 0 Å². The lowest BCUT2D eigenvalue weighted by Crippen LogP contribution is -2.32. The largest absolute Gasteiger partial charge is 0.369 e. The zero-order valence-corrected chi connectivity index (χ0v) is 11.2. The van der Waals surface area contributed by atoms with Gasteiger partial charge in [-0.25, -0.2) is 12.8 Å². The van der Waals surface area contributed by atoms with Gasteiger partial charge in [0.25, 0.3) is 0 Å². The molecule has 106 valence electrons. The van der Waals surface area contributed by atoms with Crippen LogP contribution in [0.1, 0.15) is 12.0 Å². The molecule has 1 aliphatic rings. The molecule has 2 N–H and O–H groups in total. The molecule has 1 aliphatic heterocycles. The highest BCUT2D eigenvalue weighted by Gasteiger charge is 2.36. The number of rotatable bonds is 3.